The molecule has 2 rings (SSSR count). The number of aryl methyl sites for hydroxylation is 3. The number of hydrogen-bond donors (Lipinski definition) is 2. The average molecular weight is 320 g/mol. The van der Waals surface area contributed by atoms with Crippen LogP contribution < -0.4 is 10.6 Å². The number of nitrogens with zero attached hydrogens (tertiary/aromatic N) is 6. The van der Waals surface area contributed by atoms with Crippen LogP contribution in [0.3, 0.4) is 0 Å². The summed E-state index contributed by atoms with van der Waals surface area (Å²) in [5.74, 6) is 1.76. The summed E-state index contributed by atoms with van der Waals surface area (Å²) in [5, 5.41) is 21.7. The molecule has 0 spiro atoms. The fourth-order valence-corrected chi connectivity index (χ4v) is 2.00. The van der Waals surface area contributed by atoms with Gasteiger partial charge in [0.15, 0.2) is 5.82 Å². The van der Waals surface area contributed by atoms with Gasteiger partial charge in [0, 0.05) is 13.1 Å². The largest absolute Gasteiger partial charge is 0.330 e. The van der Waals surface area contributed by atoms with Gasteiger partial charge in [0.05, 0.1) is 18.8 Å². The van der Waals surface area contributed by atoms with Gasteiger partial charge >= 0.3 is 6.03 Å². The zero-order valence-corrected chi connectivity index (χ0v) is 14.1. The van der Waals surface area contributed by atoms with Gasteiger partial charge in [-0.1, -0.05) is 13.8 Å². The van der Waals surface area contributed by atoms with Crippen LogP contribution in [0.2, 0.25) is 0 Å². The molecule has 0 saturated carbocycles. The molecule has 0 saturated heterocycles. The van der Waals surface area contributed by atoms with Gasteiger partial charge < -0.3 is 5.32 Å². The highest BCUT2D eigenvalue weighted by atomic mass is 16.2. The zero-order valence-electron chi connectivity index (χ0n) is 14.1. The van der Waals surface area contributed by atoms with E-state index in [0.29, 0.717) is 24.1 Å². The Balaban J connectivity index is 1.84. The third kappa shape index (κ3) is 5.04. The lowest BCUT2D eigenvalue weighted by Crippen LogP contribution is -2.29. The average Bonchev–Trinajstić information content (AvgIpc) is 3.10. The Bertz CT molecular complexity index is 645. The number of amides is 2. The number of tetrazole rings is 1. The van der Waals surface area contributed by atoms with E-state index in [9.17, 15) is 4.79 Å². The normalized spacial score (nSPS) is 11.0. The van der Waals surface area contributed by atoms with Crippen LogP contribution in [0.25, 0.3) is 0 Å². The lowest BCUT2D eigenvalue weighted by atomic mass is 10.1. The van der Waals surface area contributed by atoms with Crippen LogP contribution in [0.15, 0.2) is 6.07 Å². The second-order valence-electron chi connectivity index (χ2n) is 5.78. The predicted molar refractivity (Wildman–Crippen MR) is 85.7 cm³/mol. The van der Waals surface area contributed by atoms with Gasteiger partial charge in [-0.2, -0.15) is 9.90 Å². The summed E-state index contributed by atoms with van der Waals surface area (Å²) in [5.41, 5.74) is 0.976. The molecule has 0 atom stereocenters. The maximum absolute atomic E-state index is 11.9. The SMILES string of the molecule is CCn1nnc(CNC(=O)Nc2cc(CCC(C)C)nn2C)n1. The number of anilines is 1. The van der Waals surface area contributed by atoms with E-state index in [1.54, 1.807) is 4.68 Å². The number of urea groups is 1. The van der Waals surface area contributed by atoms with E-state index in [0.717, 1.165) is 18.5 Å². The van der Waals surface area contributed by atoms with Gasteiger partial charge in [0.1, 0.15) is 5.82 Å². The quantitative estimate of drug-likeness (QED) is 0.801. The van der Waals surface area contributed by atoms with E-state index in [-0.39, 0.29) is 12.6 Å². The van der Waals surface area contributed by atoms with Crippen molar-refractivity contribution in [2.24, 2.45) is 13.0 Å². The molecule has 0 radical (unpaired) electrons. The van der Waals surface area contributed by atoms with Crippen molar-refractivity contribution in [1.29, 1.82) is 0 Å². The standard InChI is InChI=1S/C14H24N8O/c1-5-22-19-12(17-20-22)9-15-14(23)16-13-8-11(18-21(13)4)7-6-10(2)3/h8,10H,5-7,9H2,1-4H3,(H2,15,16,23). The summed E-state index contributed by atoms with van der Waals surface area (Å²) in [6.45, 7) is 7.15. The number of rotatable bonds is 7. The topological polar surface area (TPSA) is 103 Å². The minimum absolute atomic E-state index is 0.226. The number of nitrogens with one attached hydrogen (secondary N) is 2. The van der Waals surface area contributed by atoms with E-state index in [1.165, 1.54) is 4.80 Å². The van der Waals surface area contributed by atoms with Gasteiger partial charge in [0.2, 0.25) is 0 Å². The van der Waals surface area contributed by atoms with Crippen molar-refractivity contribution in [3.63, 3.8) is 0 Å². The maximum Gasteiger partial charge on any atom is 0.320 e. The highest BCUT2D eigenvalue weighted by molar-refractivity contribution is 5.88. The van der Waals surface area contributed by atoms with E-state index in [4.69, 9.17) is 0 Å². The van der Waals surface area contributed by atoms with Gasteiger partial charge in [0.25, 0.3) is 0 Å². The number of aromatic nitrogens is 6. The third-order valence-corrected chi connectivity index (χ3v) is 3.33. The highest BCUT2D eigenvalue weighted by Crippen LogP contribution is 2.13. The first-order chi connectivity index (χ1) is 11.0. The molecule has 9 nitrogen and oxygen atoms in total. The first kappa shape index (κ1) is 16.9. The Kier molecular flexibility index (Phi) is 5.67. The van der Waals surface area contributed by atoms with Crippen LogP contribution in [0, 0.1) is 5.92 Å². The fourth-order valence-electron chi connectivity index (χ4n) is 2.00. The highest BCUT2D eigenvalue weighted by Gasteiger charge is 2.10. The van der Waals surface area contributed by atoms with Crippen LogP contribution in [0.4, 0.5) is 10.6 Å². The van der Waals surface area contributed by atoms with E-state index < -0.39 is 0 Å². The van der Waals surface area contributed by atoms with Crippen molar-refractivity contribution in [3.05, 3.63) is 17.6 Å². The summed E-state index contributed by atoms with van der Waals surface area (Å²) < 4.78 is 1.67. The Hall–Kier alpha value is -2.45. The second kappa shape index (κ2) is 7.70. The first-order valence-corrected chi connectivity index (χ1v) is 7.82. The molecule has 2 aromatic heterocycles. The van der Waals surface area contributed by atoms with E-state index in [1.807, 2.05) is 20.0 Å². The second-order valence-corrected chi connectivity index (χ2v) is 5.78. The first-order valence-electron chi connectivity index (χ1n) is 7.82. The monoisotopic (exact) mass is 320 g/mol. The minimum Gasteiger partial charge on any atom is -0.330 e. The summed E-state index contributed by atoms with van der Waals surface area (Å²) in [6, 6.07) is 1.57. The van der Waals surface area contributed by atoms with Crippen molar-refractivity contribution in [2.75, 3.05) is 5.32 Å². The molecule has 0 aliphatic rings. The molecule has 0 bridgehead atoms. The molecule has 0 aromatic carbocycles. The van der Waals surface area contributed by atoms with Gasteiger partial charge in [-0.25, -0.2) is 4.79 Å². The molecule has 0 fully saturated rings. The number of carbonyl (C=O) groups is 1. The van der Waals surface area contributed by atoms with Crippen LogP contribution in [0.1, 0.15) is 38.7 Å². The molecular weight excluding hydrogens is 296 g/mol. The summed E-state index contributed by atoms with van der Waals surface area (Å²) in [4.78, 5) is 13.4. The van der Waals surface area contributed by atoms with Crippen molar-refractivity contribution < 1.29 is 4.79 Å². The van der Waals surface area contributed by atoms with Crippen molar-refractivity contribution >= 4 is 11.8 Å². The number of hydrogen-bond acceptors (Lipinski definition) is 5. The summed E-state index contributed by atoms with van der Waals surface area (Å²) in [7, 11) is 1.81. The molecule has 2 heterocycles. The van der Waals surface area contributed by atoms with Crippen LogP contribution in [-0.4, -0.2) is 36.0 Å². The van der Waals surface area contributed by atoms with E-state index in [2.05, 4.69) is 45.0 Å². The number of carbonyl (C=O) groups excluding carboxylic acids is 1. The van der Waals surface area contributed by atoms with Gasteiger partial charge in [-0.15, -0.1) is 10.2 Å². The van der Waals surface area contributed by atoms with Crippen molar-refractivity contribution in [3.8, 4) is 0 Å². The van der Waals surface area contributed by atoms with Crippen LogP contribution in [0.5, 0.6) is 0 Å². The smallest absolute Gasteiger partial charge is 0.320 e. The minimum atomic E-state index is -0.323. The van der Waals surface area contributed by atoms with Gasteiger partial charge in [-0.05, 0) is 30.9 Å². The Morgan fingerprint density at radius 1 is 1.35 bits per heavy atom. The predicted octanol–water partition coefficient (Wildman–Crippen LogP) is 1.34. The Morgan fingerprint density at radius 3 is 2.78 bits per heavy atom. The zero-order chi connectivity index (χ0) is 16.8. The van der Waals surface area contributed by atoms with E-state index >= 15 is 0 Å². The molecule has 23 heavy (non-hydrogen) atoms. The molecule has 2 amide bonds. The molecule has 2 N–H and O–H groups in total. The van der Waals surface area contributed by atoms with Crippen molar-refractivity contribution in [1.82, 2.24) is 35.3 Å². The van der Waals surface area contributed by atoms with Gasteiger partial charge in [-0.3, -0.25) is 10.00 Å². The Labute approximate surface area is 135 Å². The molecular formula is C14H24N8O. The lowest BCUT2D eigenvalue weighted by Gasteiger charge is -2.05. The lowest BCUT2D eigenvalue weighted by molar-refractivity contribution is 0.251. The Morgan fingerprint density at radius 2 is 2.13 bits per heavy atom. The third-order valence-electron chi connectivity index (χ3n) is 3.33. The molecule has 0 aliphatic heterocycles. The summed E-state index contributed by atoms with van der Waals surface area (Å²) >= 11 is 0. The molecule has 126 valence electrons. The van der Waals surface area contributed by atoms with Crippen molar-refractivity contribution in [2.45, 2.75) is 46.7 Å². The summed E-state index contributed by atoms with van der Waals surface area (Å²) in [6.07, 6.45) is 1.97. The molecule has 0 unspecified atom stereocenters. The maximum atomic E-state index is 11.9. The molecule has 2 aromatic rings. The molecule has 0 aliphatic carbocycles. The molecule has 9 heteroatoms. The fraction of sp³-hybridized carbons (Fsp3) is 0.643. The van der Waals surface area contributed by atoms with Crippen LogP contribution >= 0.6 is 0 Å². The van der Waals surface area contributed by atoms with Crippen LogP contribution in [-0.2, 0) is 26.6 Å².